The first-order valence-corrected chi connectivity index (χ1v) is 11.5. The molecule has 34 heavy (non-hydrogen) atoms. The molecule has 0 radical (unpaired) electrons. The van der Waals surface area contributed by atoms with Crippen molar-refractivity contribution in [3.8, 4) is 23.0 Å². The maximum absolute atomic E-state index is 13.1. The van der Waals surface area contributed by atoms with Crippen LogP contribution in [0.5, 0.6) is 0 Å². The Labute approximate surface area is 198 Å². The molecule has 0 bridgehead atoms. The van der Waals surface area contributed by atoms with Gasteiger partial charge >= 0.3 is 12.1 Å². The largest absolute Gasteiger partial charge is 0.481 e. The lowest BCUT2D eigenvalue weighted by atomic mass is 9.98. The lowest BCUT2D eigenvalue weighted by Crippen LogP contribution is -2.49. The molecule has 2 aliphatic carbocycles. The third kappa shape index (κ3) is 3.69. The number of alkyl carbamates (subject to hydrolysis) is 1. The number of ether oxygens (including phenoxy) is 1. The third-order valence-electron chi connectivity index (χ3n) is 7.30. The number of hydrogen-bond acceptors (Lipinski definition) is 4. The van der Waals surface area contributed by atoms with Crippen LogP contribution in [0.25, 0.3) is 11.1 Å². The summed E-state index contributed by atoms with van der Waals surface area (Å²) in [6.07, 6.45) is 0.0574. The molecule has 2 fully saturated rings. The molecule has 0 spiro atoms. The second kappa shape index (κ2) is 8.53. The van der Waals surface area contributed by atoms with Crippen LogP contribution in [0.1, 0.15) is 36.8 Å². The average molecular weight is 459 g/mol. The fourth-order valence-electron chi connectivity index (χ4n) is 5.39. The van der Waals surface area contributed by atoms with Crippen molar-refractivity contribution in [1.82, 2.24) is 10.2 Å². The first kappa shape index (κ1) is 22.0. The predicted octanol–water partition coefficient (Wildman–Crippen LogP) is 3.24. The van der Waals surface area contributed by atoms with Gasteiger partial charge in [-0.15, -0.1) is 11.8 Å². The van der Waals surface area contributed by atoms with Gasteiger partial charge in [0.2, 0.25) is 5.91 Å². The number of benzene rings is 2. The Bertz CT molecular complexity index is 1180. The summed E-state index contributed by atoms with van der Waals surface area (Å²) in [7, 11) is 0. The molecule has 2 amide bonds. The van der Waals surface area contributed by atoms with Crippen molar-refractivity contribution < 1.29 is 24.2 Å². The van der Waals surface area contributed by atoms with Crippen molar-refractivity contribution in [2.75, 3.05) is 19.7 Å². The first-order valence-electron chi connectivity index (χ1n) is 11.5. The zero-order valence-corrected chi connectivity index (χ0v) is 18.9. The molecule has 7 heteroatoms. The van der Waals surface area contributed by atoms with Gasteiger partial charge in [-0.2, -0.15) is 0 Å². The number of hydrogen-bond donors (Lipinski definition) is 2. The van der Waals surface area contributed by atoms with Crippen LogP contribution in [-0.4, -0.2) is 53.7 Å². The highest BCUT2D eigenvalue weighted by atomic mass is 16.5. The molecular formula is C27H26N2O5. The van der Waals surface area contributed by atoms with Crippen molar-refractivity contribution in [1.29, 1.82) is 0 Å². The number of nitrogens with one attached hydrogen (secondary N) is 1. The van der Waals surface area contributed by atoms with E-state index in [0.29, 0.717) is 13.0 Å². The van der Waals surface area contributed by atoms with E-state index in [1.807, 2.05) is 36.4 Å². The van der Waals surface area contributed by atoms with Crippen molar-refractivity contribution in [3.63, 3.8) is 0 Å². The summed E-state index contributed by atoms with van der Waals surface area (Å²) in [6.45, 7) is 2.38. The fourth-order valence-corrected chi connectivity index (χ4v) is 5.39. The van der Waals surface area contributed by atoms with Crippen LogP contribution in [-0.2, 0) is 14.3 Å². The van der Waals surface area contributed by atoms with Gasteiger partial charge in [-0.05, 0) is 41.5 Å². The van der Waals surface area contributed by atoms with E-state index in [-0.39, 0.29) is 37.3 Å². The summed E-state index contributed by atoms with van der Waals surface area (Å²) < 4.78 is 5.59. The second-order valence-electron chi connectivity index (χ2n) is 9.23. The number of aliphatic carboxylic acids is 1. The van der Waals surface area contributed by atoms with Crippen molar-refractivity contribution >= 4 is 18.0 Å². The molecule has 1 saturated carbocycles. The quantitative estimate of drug-likeness (QED) is 0.648. The van der Waals surface area contributed by atoms with Crippen LogP contribution in [0.3, 0.4) is 0 Å². The standard InChI is InChI=1S/C27H26N2O5/c1-2-3-12-23(24(30)29-14-17-13-27(17,16-29)25(31)32)28-26(33)34-15-22-20-10-6-4-8-18(20)19-9-5-7-11-21(19)22/h4-11,17,22-23H,12-16H2,1H3,(H,28,33)(H,31,32). The summed E-state index contributed by atoms with van der Waals surface area (Å²) in [5, 5.41) is 12.2. The van der Waals surface area contributed by atoms with Gasteiger partial charge in [0.1, 0.15) is 12.6 Å². The number of carbonyl (C=O) groups excluding carboxylic acids is 2. The summed E-state index contributed by atoms with van der Waals surface area (Å²) in [6, 6.07) is 15.3. The number of carboxylic acids is 1. The second-order valence-corrected chi connectivity index (χ2v) is 9.23. The number of fused-ring (bicyclic) bond motifs is 4. The molecule has 0 aromatic heterocycles. The van der Waals surface area contributed by atoms with Crippen LogP contribution in [0, 0.1) is 23.2 Å². The first-order chi connectivity index (χ1) is 16.4. The van der Waals surface area contributed by atoms with Gasteiger partial charge in [0.25, 0.3) is 0 Å². The van der Waals surface area contributed by atoms with Gasteiger partial charge in [0, 0.05) is 25.4 Å². The highest BCUT2D eigenvalue weighted by molar-refractivity contribution is 5.89. The van der Waals surface area contributed by atoms with E-state index >= 15 is 0 Å². The number of nitrogens with zero attached hydrogens (tertiary/aromatic N) is 1. The molecule has 2 aromatic rings. The van der Waals surface area contributed by atoms with E-state index in [0.717, 1.165) is 22.3 Å². The Hall–Kier alpha value is -3.79. The molecule has 5 rings (SSSR count). The van der Waals surface area contributed by atoms with Crippen molar-refractivity contribution in [3.05, 3.63) is 59.7 Å². The maximum atomic E-state index is 13.1. The number of piperidine rings is 1. The van der Waals surface area contributed by atoms with E-state index in [9.17, 15) is 19.5 Å². The summed E-state index contributed by atoms with van der Waals surface area (Å²) in [5.41, 5.74) is 3.67. The van der Waals surface area contributed by atoms with Gasteiger partial charge in [-0.3, -0.25) is 9.59 Å². The smallest absolute Gasteiger partial charge is 0.407 e. The van der Waals surface area contributed by atoms with Gasteiger partial charge in [0.15, 0.2) is 0 Å². The summed E-state index contributed by atoms with van der Waals surface area (Å²) in [4.78, 5) is 38.9. The van der Waals surface area contributed by atoms with Gasteiger partial charge in [0.05, 0.1) is 5.41 Å². The number of carbonyl (C=O) groups is 3. The third-order valence-corrected chi connectivity index (χ3v) is 7.30. The van der Waals surface area contributed by atoms with E-state index in [2.05, 4.69) is 29.3 Å². The monoisotopic (exact) mass is 458 g/mol. The summed E-state index contributed by atoms with van der Waals surface area (Å²) >= 11 is 0. The van der Waals surface area contributed by atoms with Gasteiger partial charge in [-0.25, -0.2) is 4.79 Å². The van der Waals surface area contributed by atoms with E-state index in [1.54, 1.807) is 6.92 Å². The average Bonchev–Trinajstić information content (AvgIpc) is 3.27. The highest BCUT2D eigenvalue weighted by Crippen LogP contribution is 2.58. The molecular weight excluding hydrogens is 432 g/mol. The molecule has 1 aliphatic heterocycles. The Balaban J connectivity index is 1.25. The van der Waals surface area contributed by atoms with Crippen molar-refractivity contribution in [2.24, 2.45) is 11.3 Å². The number of rotatable bonds is 6. The van der Waals surface area contributed by atoms with E-state index < -0.39 is 23.5 Å². The Morgan fingerprint density at radius 1 is 1.15 bits per heavy atom. The highest BCUT2D eigenvalue weighted by Gasteiger charge is 2.66. The van der Waals surface area contributed by atoms with E-state index in [1.165, 1.54) is 4.90 Å². The van der Waals surface area contributed by atoms with Crippen LogP contribution >= 0.6 is 0 Å². The van der Waals surface area contributed by atoms with E-state index in [4.69, 9.17) is 4.74 Å². The molecule has 2 aromatic carbocycles. The van der Waals surface area contributed by atoms with Crippen LogP contribution < -0.4 is 5.32 Å². The minimum Gasteiger partial charge on any atom is -0.481 e. The zero-order valence-electron chi connectivity index (χ0n) is 18.9. The van der Waals surface area contributed by atoms with Crippen molar-refractivity contribution in [2.45, 2.75) is 31.7 Å². The molecule has 1 saturated heterocycles. The number of amides is 2. The molecule has 3 aliphatic rings. The van der Waals surface area contributed by atoms with Gasteiger partial charge < -0.3 is 20.1 Å². The number of carboxylic acid groups (broad SMARTS) is 1. The Kier molecular flexibility index (Phi) is 5.52. The maximum Gasteiger partial charge on any atom is 0.407 e. The molecule has 7 nitrogen and oxygen atoms in total. The molecule has 2 N–H and O–H groups in total. The van der Waals surface area contributed by atoms with Crippen LogP contribution in [0.4, 0.5) is 4.79 Å². The van der Waals surface area contributed by atoms with Crippen LogP contribution in [0.15, 0.2) is 48.5 Å². The Morgan fingerprint density at radius 3 is 2.38 bits per heavy atom. The number of likely N-dealkylation sites (tertiary alicyclic amines) is 1. The van der Waals surface area contributed by atoms with Crippen LogP contribution in [0.2, 0.25) is 0 Å². The molecule has 174 valence electrons. The molecule has 3 atom stereocenters. The zero-order chi connectivity index (χ0) is 23.9. The predicted molar refractivity (Wildman–Crippen MR) is 125 cm³/mol. The SMILES string of the molecule is CC#CCC(NC(=O)OCC1c2ccccc2-c2ccccc21)C(=O)N1CC2CC2(C(=O)O)C1. The van der Waals surface area contributed by atoms with Gasteiger partial charge in [-0.1, -0.05) is 48.5 Å². The summed E-state index contributed by atoms with van der Waals surface area (Å²) in [5.74, 6) is 4.34. The molecule has 3 unspecified atom stereocenters. The Morgan fingerprint density at radius 2 is 1.79 bits per heavy atom. The molecule has 1 heterocycles. The topological polar surface area (TPSA) is 95.9 Å². The minimum absolute atomic E-state index is 0.0127. The fraction of sp³-hybridized carbons (Fsp3) is 0.370. The lowest BCUT2D eigenvalue weighted by molar-refractivity contribution is -0.144. The normalized spacial score (nSPS) is 22.5. The minimum atomic E-state index is -0.883. The lowest BCUT2D eigenvalue weighted by Gasteiger charge is -2.25.